The number of amides is 2. The summed E-state index contributed by atoms with van der Waals surface area (Å²) >= 11 is 0. The highest BCUT2D eigenvalue weighted by atomic mass is 19.1. The molecule has 1 N–H and O–H groups in total. The molecule has 2 aliphatic heterocycles. The standard InChI is InChI=1S/C26H26F2N6O3/c27-19-2-3-22(28)21(13-19)24-30-15-18(16-31-24)25(35)32-20-5-7-33(8-6-20)23-4-1-17(14-29-23)26(36)34-9-11-37-12-10-34/h1-4,13-16,20H,5-12H2,(H,32,35). The van der Waals surface area contributed by atoms with Crippen molar-refractivity contribution >= 4 is 17.6 Å². The summed E-state index contributed by atoms with van der Waals surface area (Å²) < 4.78 is 32.7. The maximum Gasteiger partial charge on any atom is 0.255 e. The molecule has 0 unspecified atom stereocenters. The van der Waals surface area contributed by atoms with E-state index in [0.29, 0.717) is 45.0 Å². The third-order valence-electron chi connectivity index (χ3n) is 6.53. The number of rotatable bonds is 5. The Hall–Kier alpha value is -3.99. The number of piperidine rings is 1. The van der Waals surface area contributed by atoms with Crippen molar-refractivity contribution in [3.63, 3.8) is 0 Å². The molecule has 2 amide bonds. The first-order valence-corrected chi connectivity index (χ1v) is 12.1. The van der Waals surface area contributed by atoms with Crippen LogP contribution in [0.2, 0.25) is 0 Å². The Morgan fingerprint density at radius 2 is 1.59 bits per heavy atom. The molecule has 2 aliphatic rings. The van der Waals surface area contributed by atoms with Gasteiger partial charge < -0.3 is 19.9 Å². The van der Waals surface area contributed by atoms with Crippen LogP contribution in [0.15, 0.2) is 48.9 Å². The van der Waals surface area contributed by atoms with Gasteiger partial charge in [0, 0.05) is 50.8 Å². The number of aromatic nitrogens is 3. The molecule has 9 nitrogen and oxygen atoms in total. The molecule has 0 atom stereocenters. The van der Waals surface area contributed by atoms with Crippen molar-refractivity contribution < 1.29 is 23.1 Å². The van der Waals surface area contributed by atoms with Gasteiger partial charge in [0.05, 0.1) is 29.9 Å². The summed E-state index contributed by atoms with van der Waals surface area (Å²) in [7, 11) is 0. The molecule has 2 saturated heterocycles. The second kappa shape index (κ2) is 11.0. The van der Waals surface area contributed by atoms with Crippen LogP contribution in [-0.4, -0.2) is 77.1 Å². The quantitative estimate of drug-likeness (QED) is 0.566. The molecule has 0 spiro atoms. The molecule has 0 aliphatic carbocycles. The molecule has 1 aromatic carbocycles. The Labute approximate surface area is 212 Å². The second-order valence-electron chi connectivity index (χ2n) is 8.96. The first kappa shape index (κ1) is 24.7. The number of hydrogen-bond acceptors (Lipinski definition) is 7. The van der Waals surface area contributed by atoms with Crippen LogP contribution >= 0.6 is 0 Å². The molecular formula is C26H26F2N6O3. The van der Waals surface area contributed by atoms with Gasteiger partial charge in [-0.1, -0.05) is 0 Å². The first-order chi connectivity index (χ1) is 18.0. The molecule has 37 heavy (non-hydrogen) atoms. The summed E-state index contributed by atoms with van der Waals surface area (Å²) in [4.78, 5) is 41.7. The molecule has 2 fully saturated rings. The van der Waals surface area contributed by atoms with Crippen LogP contribution in [0.25, 0.3) is 11.4 Å². The van der Waals surface area contributed by atoms with Gasteiger partial charge in [-0.2, -0.15) is 0 Å². The molecule has 4 heterocycles. The Balaban J connectivity index is 1.13. The Morgan fingerprint density at radius 3 is 2.27 bits per heavy atom. The highest BCUT2D eigenvalue weighted by Gasteiger charge is 2.24. The lowest BCUT2D eigenvalue weighted by Crippen LogP contribution is -2.45. The van der Waals surface area contributed by atoms with E-state index in [1.54, 1.807) is 17.2 Å². The van der Waals surface area contributed by atoms with Crippen molar-refractivity contribution in [1.29, 1.82) is 0 Å². The van der Waals surface area contributed by atoms with E-state index in [1.807, 2.05) is 6.07 Å². The fourth-order valence-corrected chi connectivity index (χ4v) is 4.42. The zero-order valence-corrected chi connectivity index (χ0v) is 20.1. The minimum atomic E-state index is -0.641. The number of halogens is 2. The van der Waals surface area contributed by atoms with Gasteiger partial charge in [0.1, 0.15) is 17.5 Å². The van der Waals surface area contributed by atoms with Crippen LogP contribution in [0.1, 0.15) is 33.6 Å². The summed E-state index contributed by atoms with van der Waals surface area (Å²) in [5.41, 5.74) is 0.734. The van der Waals surface area contributed by atoms with Crippen LogP contribution in [0.4, 0.5) is 14.6 Å². The average Bonchev–Trinajstić information content (AvgIpc) is 2.95. The summed E-state index contributed by atoms with van der Waals surface area (Å²) in [6.45, 7) is 3.67. The van der Waals surface area contributed by atoms with Crippen LogP contribution in [0.3, 0.4) is 0 Å². The fraction of sp³-hybridized carbons (Fsp3) is 0.346. The SMILES string of the molecule is O=C(NC1CCN(c2ccc(C(=O)N3CCOCC3)cn2)CC1)c1cnc(-c2cc(F)ccc2F)nc1. The zero-order valence-electron chi connectivity index (χ0n) is 20.1. The van der Waals surface area contributed by atoms with E-state index in [0.717, 1.165) is 36.9 Å². The number of morpholine rings is 1. The highest BCUT2D eigenvalue weighted by molar-refractivity contribution is 5.94. The van der Waals surface area contributed by atoms with Gasteiger partial charge in [-0.3, -0.25) is 9.59 Å². The molecule has 3 aromatic rings. The normalized spacial score (nSPS) is 16.5. The predicted molar refractivity (Wildman–Crippen MR) is 131 cm³/mol. The average molecular weight is 509 g/mol. The number of anilines is 1. The topological polar surface area (TPSA) is 101 Å². The van der Waals surface area contributed by atoms with Gasteiger partial charge in [-0.15, -0.1) is 0 Å². The molecule has 5 rings (SSSR count). The third kappa shape index (κ3) is 5.72. The number of benzene rings is 1. The van der Waals surface area contributed by atoms with Crippen molar-refractivity contribution in [2.75, 3.05) is 44.3 Å². The lowest BCUT2D eigenvalue weighted by atomic mass is 10.0. The van der Waals surface area contributed by atoms with Crippen molar-refractivity contribution in [3.05, 3.63) is 71.7 Å². The lowest BCUT2D eigenvalue weighted by Gasteiger charge is -2.33. The van der Waals surface area contributed by atoms with E-state index >= 15 is 0 Å². The van der Waals surface area contributed by atoms with Gasteiger partial charge >= 0.3 is 0 Å². The number of nitrogens with one attached hydrogen (secondary N) is 1. The molecule has 2 aromatic heterocycles. The molecule has 0 radical (unpaired) electrons. The third-order valence-corrected chi connectivity index (χ3v) is 6.53. The highest BCUT2D eigenvalue weighted by Crippen LogP contribution is 2.21. The number of pyridine rings is 1. The van der Waals surface area contributed by atoms with Crippen LogP contribution in [0, 0.1) is 11.6 Å². The smallest absolute Gasteiger partial charge is 0.255 e. The van der Waals surface area contributed by atoms with Gasteiger partial charge in [-0.25, -0.2) is 23.7 Å². The molecule has 0 saturated carbocycles. The summed E-state index contributed by atoms with van der Waals surface area (Å²) in [5, 5.41) is 2.99. The summed E-state index contributed by atoms with van der Waals surface area (Å²) in [6.07, 6.45) is 5.66. The molecule has 11 heteroatoms. The fourth-order valence-electron chi connectivity index (χ4n) is 4.42. The summed E-state index contributed by atoms with van der Waals surface area (Å²) in [5.74, 6) is -0.807. The number of carbonyl (C=O) groups excluding carboxylic acids is 2. The minimum absolute atomic E-state index is 0.00650. The Morgan fingerprint density at radius 1 is 0.892 bits per heavy atom. The van der Waals surface area contributed by atoms with Gasteiger partial charge in [0.25, 0.3) is 11.8 Å². The zero-order chi connectivity index (χ0) is 25.8. The van der Waals surface area contributed by atoms with Gasteiger partial charge in [0.2, 0.25) is 0 Å². The second-order valence-corrected chi connectivity index (χ2v) is 8.96. The van der Waals surface area contributed by atoms with E-state index < -0.39 is 11.6 Å². The van der Waals surface area contributed by atoms with Gasteiger partial charge in [-0.05, 0) is 43.2 Å². The maximum atomic E-state index is 14.0. The maximum absolute atomic E-state index is 14.0. The molecule has 192 valence electrons. The Bertz CT molecular complexity index is 1260. The number of carbonyl (C=O) groups is 2. The largest absolute Gasteiger partial charge is 0.378 e. The first-order valence-electron chi connectivity index (χ1n) is 12.1. The van der Waals surface area contributed by atoms with Gasteiger partial charge in [0.15, 0.2) is 5.82 Å². The number of hydrogen-bond donors (Lipinski definition) is 1. The van der Waals surface area contributed by atoms with Crippen molar-refractivity contribution in [1.82, 2.24) is 25.2 Å². The van der Waals surface area contributed by atoms with E-state index in [9.17, 15) is 18.4 Å². The number of ether oxygens (including phenoxy) is 1. The summed E-state index contributed by atoms with van der Waals surface area (Å²) in [6, 6.07) is 6.66. The van der Waals surface area contributed by atoms with E-state index in [-0.39, 0.29) is 34.8 Å². The van der Waals surface area contributed by atoms with E-state index in [2.05, 4.69) is 25.2 Å². The van der Waals surface area contributed by atoms with Crippen molar-refractivity contribution in [2.45, 2.75) is 18.9 Å². The monoisotopic (exact) mass is 508 g/mol. The minimum Gasteiger partial charge on any atom is -0.378 e. The van der Waals surface area contributed by atoms with E-state index in [1.165, 1.54) is 12.4 Å². The van der Waals surface area contributed by atoms with Crippen molar-refractivity contribution in [2.24, 2.45) is 0 Å². The van der Waals surface area contributed by atoms with Crippen LogP contribution in [0.5, 0.6) is 0 Å². The Kier molecular flexibility index (Phi) is 7.31. The molecular weight excluding hydrogens is 482 g/mol. The number of nitrogens with zero attached hydrogens (tertiary/aromatic N) is 5. The molecule has 0 bridgehead atoms. The van der Waals surface area contributed by atoms with E-state index in [4.69, 9.17) is 4.74 Å². The lowest BCUT2D eigenvalue weighted by molar-refractivity contribution is 0.0302. The van der Waals surface area contributed by atoms with Crippen LogP contribution in [-0.2, 0) is 4.74 Å². The predicted octanol–water partition coefficient (Wildman–Crippen LogP) is 2.69. The van der Waals surface area contributed by atoms with Crippen LogP contribution < -0.4 is 10.2 Å². The van der Waals surface area contributed by atoms with Crippen molar-refractivity contribution in [3.8, 4) is 11.4 Å².